The van der Waals surface area contributed by atoms with Crippen LogP contribution in [0.2, 0.25) is 0 Å². The Morgan fingerprint density at radius 3 is 2.45 bits per heavy atom. The second-order valence-electron chi connectivity index (χ2n) is 6.02. The van der Waals surface area contributed by atoms with Crippen molar-refractivity contribution in [3.63, 3.8) is 0 Å². The topological polar surface area (TPSA) is 98.5 Å². The zero-order chi connectivity index (χ0) is 20.6. The summed E-state index contributed by atoms with van der Waals surface area (Å²) in [6, 6.07) is 14.0. The highest BCUT2D eigenvalue weighted by molar-refractivity contribution is 7.98. The molecule has 148 valence electrons. The molecule has 2 aromatic carbocycles. The fourth-order valence-corrected chi connectivity index (χ4v) is 3.20. The molecule has 0 spiro atoms. The molecule has 3 aromatic rings. The maximum Gasteiger partial charge on any atom is 0.337 e. The average molecular weight is 409 g/mol. The molecule has 0 atom stereocenters. The van der Waals surface area contributed by atoms with Crippen LogP contribution in [0.3, 0.4) is 0 Å². The van der Waals surface area contributed by atoms with Crippen LogP contribution >= 0.6 is 11.8 Å². The van der Waals surface area contributed by atoms with E-state index in [1.54, 1.807) is 54.5 Å². The van der Waals surface area contributed by atoms with Gasteiger partial charge in [-0.15, -0.1) is 10.2 Å². The molecule has 29 heavy (non-hydrogen) atoms. The number of hydrogen-bond acceptors (Lipinski definition) is 7. The van der Waals surface area contributed by atoms with Crippen LogP contribution in [0, 0.1) is 0 Å². The fourth-order valence-electron chi connectivity index (χ4n) is 2.36. The van der Waals surface area contributed by atoms with Crippen LogP contribution in [0.5, 0.6) is 0 Å². The van der Waals surface area contributed by atoms with E-state index in [4.69, 9.17) is 0 Å². The lowest BCUT2D eigenvalue weighted by atomic mass is 10.1. The van der Waals surface area contributed by atoms with E-state index in [-0.39, 0.29) is 5.91 Å². The van der Waals surface area contributed by atoms with Crippen LogP contribution in [0.15, 0.2) is 65.1 Å². The highest BCUT2D eigenvalue weighted by Crippen LogP contribution is 2.20. The average Bonchev–Trinajstić information content (AvgIpc) is 3.17. The van der Waals surface area contributed by atoms with E-state index in [1.807, 2.05) is 23.7 Å². The minimum absolute atomic E-state index is 0.306. The molecule has 0 bridgehead atoms. The first kappa shape index (κ1) is 20.3. The van der Waals surface area contributed by atoms with E-state index < -0.39 is 5.97 Å². The molecular weight excluding hydrogens is 390 g/mol. The SMILES string of the molecule is COC(=O)c1ccc(/C=N/NC(=O)c2ccc(CSc3nncn3C)cc2)cc1. The number of nitrogens with one attached hydrogen (secondary N) is 1. The van der Waals surface area contributed by atoms with Crippen molar-refractivity contribution < 1.29 is 14.3 Å². The summed E-state index contributed by atoms with van der Waals surface area (Å²) < 4.78 is 6.50. The molecular formula is C20H19N5O3S. The highest BCUT2D eigenvalue weighted by Gasteiger charge is 2.06. The predicted molar refractivity (Wildman–Crippen MR) is 110 cm³/mol. The van der Waals surface area contributed by atoms with Gasteiger partial charge in [0.25, 0.3) is 5.91 Å². The highest BCUT2D eigenvalue weighted by atomic mass is 32.2. The van der Waals surface area contributed by atoms with Gasteiger partial charge in [-0.1, -0.05) is 36.0 Å². The zero-order valence-electron chi connectivity index (χ0n) is 15.9. The minimum Gasteiger partial charge on any atom is -0.465 e. The fraction of sp³-hybridized carbons (Fsp3) is 0.150. The van der Waals surface area contributed by atoms with Gasteiger partial charge in [-0.2, -0.15) is 5.10 Å². The number of aryl methyl sites for hydroxylation is 1. The van der Waals surface area contributed by atoms with Gasteiger partial charge in [0.15, 0.2) is 5.16 Å². The summed E-state index contributed by atoms with van der Waals surface area (Å²) in [5.74, 6) is 0.0221. The van der Waals surface area contributed by atoms with Gasteiger partial charge in [0, 0.05) is 18.4 Å². The van der Waals surface area contributed by atoms with Gasteiger partial charge in [0.1, 0.15) is 6.33 Å². The number of thioether (sulfide) groups is 1. The molecule has 0 saturated carbocycles. The summed E-state index contributed by atoms with van der Waals surface area (Å²) >= 11 is 1.57. The maximum absolute atomic E-state index is 12.2. The van der Waals surface area contributed by atoms with E-state index in [9.17, 15) is 9.59 Å². The molecule has 1 aromatic heterocycles. The van der Waals surface area contributed by atoms with E-state index in [1.165, 1.54) is 13.3 Å². The van der Waals surface area contributed by atoms with Gasteiger partial charge in [-0.05, 0) is 35.4 Å². The molecule has 0 unspecified atom stereocenters. The number of esters is 1. The van der Waals surface area contributed by atoms with Gasteiger partial charge in [-0.3, -0.25) is 4.79 Å². The van der Waals surface area contributed by atoms with Gasteiger partial charge in [0.05, 0.1) is 18.9 Å². The Balaban J connectivity index is 1.52. The minimum atomic E-state index is -0.403. The largest absolute Gasteiger partial charge is 0.465 e. The number of hydrazone groups is 1. The van der Waals surface area contributed by atoms with Crippen LogP contribution in [0.4, 0.5) is 0 Å². The van der Waals surface area contributed by atoms with Crippen molar-refractivity contribution >= 4 is 29.9 Å². The number of rotatable bonds is 7. The number of hydrogen-bond donors (Lipinski definition) is 1. The number of carbonyl (C=O) groups excluding carboxylic acids is 2. The third-order valence-electron chi connectivity index (χ3n) is 3.97. The van der Waals surface area contributed by atoms with Crippen LogP contribution in [0.25, 0.3) is 0 Å². The first-order valence-corrected chi connectivity index (χ1v) is 9.63. The van der Waals surface area contributed by atoms with Crippen LogP contribution in [-0.4, -0.2) is 40.0 Å². The van der Waals surface area contributed by atoms with E-state index >= 15 is 0 Å². The second kappa shape index (κ2) is 9.65. The third kappa shape index (κ3) is 5.52. The Morgan fingerprint density at radius 1 is 1.14 bits per heavy atom. The van der Waals surface area contributed by atoms with Gasteiger partial charge in [0.2, 0.25) is 0 Å². The molecule has 0 aliphatic heterocycles. The number of amides is 1. The van der Waals surface area contributed by atoms with Crippen LogP contribution in [-0.2, 0) is 17.5 Å². The third-order valence-corrected chi connectivity index (χ3v) is 5.07. The summed E-state index contributed by atoms with van der Waals surface area (Å²) in [4.78, 5) is 23.6. The van der Waals surface area contributed by atoms with Crippen molar-refractivity contribution in [1.29, 1.82) is 0 Å². The molecule has 0 radical (unpaired) electrons. The van der Waals surface area contributed by atoms with Gasteiger partial charge in [-0.25, -0.2) is 10.2 Å². The number of benzene rings is 2. The Hall–Kier alpha value is -3.46. The van der Waals surface area contributed by atoms with Crippen molar-refractivity contribution in [2.24, 2.45) is 12.1 Å². The van der Waals surface area contributed by atoms with E-state index in [0.29, 0.717) is 11.1 Å². The molecule has 1 heterocycles. The molecule has 1 N–H and O–H groups in total. The smallest absolute Gasteiger partial charge is 0.337 e. The van der Waals surface area contributed by atoms with Crippen molar-refractivity contribution in [2.75, 3.05) is 7.11 Å². The van der Waals surface area contributed by atoms with E-state index in [2.05, 4.69) is 25.5 Å². The predicted octanol–water partition coefficient (Wildman–Crippen LogP) is 2.66. The van der Waals surface area contributed by atoms with Crippen molar-refractivity contribution in [3.8, 4) is 0 Å². The summed E-state index contributed by atoms with van der Waals surface area (Å²) in [6.07, 6.45) is 3.16. The molecule has 0 aliphatic rings. The lowest BCUT2D eigenvalue weighted by molar-refractivity contribution is 0.0600. The van der Waals surface area contributed by atoms with Crippen molar-refractivity contribution in [1.82, 2.24) is 20.2 Å². The lowest BCUT2D eigenvalue weighted by Gasteiger charge is -2.04. The molecule has 0 saturated heterocycles. The summed E-state index contributed by atoms with van der Waals surface area (Å²) in [7, 11) is 3.22. The summed E-state index contributed by atoms with van der Waals surface area (Å²) in [5.41, 5.74) is 5.27. The normalized spacial score (nSPS) is 10.8. The van der Waals surface area contributed by atoms with E-state index in [0.717, 1.165) is 22.0 Å². The molecule has 0 fully saturated rings. The Bertz CT molecular complexity index is 1010. The Morgan fingerprint density at radius 2 is 1.83 bits per heavy atom. The van der Waals surface area contributed by atoms with Crippen LogP contribution in [0.1, 0.15) is 31.8 Å². The molecule has 3 rings (SSSR count). The zero-order valence-corrected chi connectivity index (χ0v) is 16.7. The second-order valence-corrected chi connectivity index (χ2v) is 6.97. The quantitative estimate of drug-likeness (QED) is 0.279. The monoisotopic (exact) mass is 409 g/mol. The standard InChI is InChI=1S/C20H19N5O3S/c1-25-13-22-24-20(25)29-12-15-5-7-16(8-6-15)18(26)23-21-11-14-3-9-17(10-4-14)19(27)28-2/h3-11,13H,12H2,1-2H3,(H,23,26)/b21-11+. The Labute approximate surface area is 172 Å². The number of carbonyl (C=O) groups is 2. The number of nitrogens with zero attached hydrogens (tertiary/aromatic N) is 4. The maximum atomic E-state index is 12.2. The first-order valence-electron chi connectivity index (χ1n) is 8.64. The Kier molecular flexibility index (Phi) is 6.75. The van der Waals surface area contributed by atoms with Crippen molar-refractivity contribution in [3.05, 3.63) is 77.1 Å². The van der Waals surface area contributed by atoms with Gasteiger partial charge >= 0.3 is 5.97 Å². The molecule has 1 amide bonds. The molecule has 0 aliphatic carbocycles. The van der Waals surface area contributed by atoms with Gasteiger partial charge < -0.3 is 9.30 Å². The number of ether oxygens (including phenoxy) is 1. The molecule has 9 heteroatoms. The summed E-state index contributed by atoms with van der Waals surface area (Å²) in [5, 5.41) is 12.7. The first-order chi connectivity index (χ1) is 14.1. The molecule has 8 nitrogen and oxygen atoms in total. The summed E-state index contributed by atoms with van der Waals surface area (Å²) in [6.45, 7) is 0. The lowest BCUT2D eigenvalue weighted by Crippen LogP contribution is -2.17. The van der Waals surface area contributed by atoms with Crippen LogP contribution < -0.4 is 5.43 Å². The van der Waals surface area contributed by atoms with Crippen molar-refractivity contribution in [2.45, 2.75) is 10.9 Å². The number of aromatic nitrogens is 3. The number of methoxy groups -OCH3 is 1.